The van der Waals surface area contributed by atoms with Crippen molar-refractivity contribution >= 4 is 11.9 Å². The highest BCUT2D eigenvalue weighted by molar-refractivity contribution is 5.94. The van der Waals surface area contributed by atoms with Gasteiger partial charge in [0.25, 0.3) is 5.91 Å². The number of benzene rings is 2. The number of rotatable bonds is 5. The van der Waals surface area contributed by atoms with E-state index in [4.69, 9.17) is 11.0 Å². The molecule has 1 saturated heterocycles. The normalized spacial score (nSPS) is 14.9. The van der Waals surface area contributed by atoms with Crippen molar-refractivity contribution in [1.82, 2.24) is 10.2 Å². The molecule has 3 N–H and O–H groups in total. The Balaban J connectivity index is 1.67. The van der Waals surface area contributed by atoms with Crippen LogP contribution < -0.4 is 11.1 Å². The van der Waals surface area contributed by atoms with Crippen molar-refractivity contribution in [1.29, 1.82) is 10.5 Å². The number of hydrogen-bond donors (Lipinski definition) is 2. The molecule has 0 saturated carbocycles. The number of nitrogens with two attached hydrogens (primary N) is 1. The fraction of sp³-hybridized carbons (Fsp3) is 0.333. The lowest BCUT2D eigenvalue weighted by Crippen LogP contribution is -2.38. The maximum atomic E-state index is 13.1. The summed E-state index contributed by atoms with van der Waals surface area (Å²) in [7, 11) is 0. The van der Waals surface area contributed by atoms with Gasteiger partial charge in [0.15, 0.2) is 0 Å². The summed E-state index contributed by atoms with van der Waals surface area (Å²) in [6.07, 6.45) is 2.13. The number of piperidine rings is 1. The Kier molecular flexibility index (Phi) is 6.89. The predicted molar refractivity (Wildman–Crippen MR) is 116 cm³/mol. The summed E-state index contributed by atoms with van der Waals surface area (Å²) >= 11 is 0. The molecule has 2 aromatic carbocycles. The molecule has 2 aromatic rings. The average Bonchev–Trinajstić information content (AvgIpc) is 2.78. The molecule has 1 aliphatic rings. The fourth-order valence-corrected chi connectivity index (χ4v) is 4.06. The highest BCUT2D eigenvalue weighted by Crippen LogP contribution is 2.29. The second-order valence-electron chi connectivity index (χ2n) is 7.90. The summed E-state index contributed by atoms with van der Waals surface area (Å²) < 4.78 is 0. The first-order chi connectivity index (χ1) is 14.9. The lowest BCUT2D eigenvalue weighted by Gasteiger charge is -2.32. The van der Waals surface area contributed by atoms with E-state index >= 15 is 0 Å². The number of urea groups is 1. The van der Waals surface area contributed by atoms with Crippen LogP contribution in [0.3, 0.4) is 0 Å². The lowest BCUT2D eigenvalue weighted by molar-refractivity contribution is 0.0713. The standard InChI is InChI=1S/C24H25N5O2/c1-16(28-24(27)31)12-22-13-20(6-7-21(22)15-26)23(30)29-10-8-19(9-11-29)18-4-2-17(14-25)3-5-18/h2-7,13,16,19H,8-12H2,1H3,(H3,27,28,31). The first-order valence-corrected chi connectivity index (χ1v) is 10.3. The van der Waals surface area contributed by atoms with Crippen molar-refractivity contribution in [3.8, 4) is 12.1 Å². The van der Waals surface area contributed by atoms with Gasteiger partial charge in [-0.25, -0.2) is 4.79 Å². The van der Waals surface area contributed by atoms with Crippen LogP contribution in [0.5, 0.6) is 0 Å². The van der Waals surface area contributed by atoms with Crippen molar-refractivity contribution in [2.45, 2.75) is 38.1 Å². The number of carbonyl (C=O) groups is 2. The van der Waals surface area contributed by atoms with Crippen LogP contribution in [0.2, 0.25) is 0 Å². The van der Waals surface area contributed by atoms with Gasteiger partial charge < -0.3 is 16.0 Å². The van der Waals surface area contributed by atoms with Gasteiger partial charge in [-0.05, 0) is 73.6 Å². The zero-order valence-corrected chi connectivity index (χ0v) is 17.5. The second-order valence-corrected chi connectivity index (χ2v) is 7.90. The van der Waals surface area contributed by atoms with Crippen LogP contribution in [-0.2, 0) is 6.42 Å². The SMILES string of the molecule is CC(Cc1cc(C(=O)N2CCC(c3ccc(C#N)cc3)CC2)ccc1C#N)NC(N)=O. The van der Waals surface area contributed by atoms with E-state index in [2.05, 4.69) is 17.5 Å². The summed E-state index contributed by atoms with van der Waals surface area (Å²) in [5, 5.41) is 20.9. The van der Waals surface area contributed by atoms with Gasteiger partial charge in [-0.2, -0.15) is 10.5 Å². The van der Waals surface area contributed by atoms with Crippen molar-refractivity contribution in [3.05, 3.63) is 70.3 Å². The van der Waals surface area contributed by atoms with Gasteiger partial charge >= 0.3 is 6.03 Å². The third-order valence-electron chi connectivity index (χ3n) is 5.68. The topological polar surface area (TPSA) is 123 Å². The van der Waals surface area contributed by atoms with Gasteiger partial charge in [0.1, 0.15) is 0 Å². The van der Waals surface area contributed by atoms with Gasteiger partial charge in [0, 0.05) is 24.7 Å². The van der Waals surface area contributed by atoms with Crippen LogP contribution in [0.1, 0.15) is 58.3 Å². The first-order valence-electron chi connectivity index (χ1n) is 10.3. The van der Waals surface area contributed by atoms with Crippen molar-refractivity contribution < 1.29 is 9.59 Å². The van der Waals surface area contributed by atoms with Crippen LogP contribution in [0.25, 0.3) is 0 Å². The quantitative estimate of drug-likeness (QED) is 0.779. The average molecular weight is 415 g/mol. The van der Waals surface area contributed by atoms with Gasteiger partial charge in [-0.3, -0.25) is 4.79 Å². The molecule has 1 unspecified atom stereocenters. The van der Waals surface area contributed by atoms with Crippen LogP contribution in [0.15, 0.2) is 42.5 Å². The Morgan fingerprint density at radius 1 is 1.13 bits per heavy atom. The lowest BCUT2D eigenvalue weighted by atomic mass is 9.88. The Bertz CT molecular complexity index is 1040. The third kappa shape index (κ3) is 5.40. The maximum Gasteiger partial charge on any atom is 0.312 e. The molecule has 1 atom stereocenters. The Morgan fingerprint density at radius 2 is 1.81 bits per heavy atom. The smallest absolute Gasteiger partial charge is 0.312 e. The van der Waals surface area contributed by atoms with E-state index in [9.17, 15) is 14.9 Å². The fourth-order valence-electron chi connectivity index (χ4n) is 4.06. The Labute approximate surface area is 182 Å². The predicted octanol–water partition coefficient (Wildman–Crippen LogP) is 3.05. The number of carbonyl (C=O) groups excluding carboxylic acids is 2. The summed E-state index contributed by atoms with van der Waals surface area (Å²) in [4.78, 5) is 26.0. The second kappa shape index (κ2) is 9.77. The molecular weight excluding hydrogens is 390 g/mol. The molecule has 0 spiro atoms. The van der Waals surface area contributed by atoms with E-state index in [0.717, 1.165) is 12.8 Å². The molecular formula is C24H25N5O2. The number of nitrogens with zero attached hydrogens (tertiary/aromatic N) is 3. The summed E-state index contributed by atoms with van der Waals surface area (Å²) in [5.41, 5.74) is 8.74. The molecule has 1 heterocycles. The molecule has 0 aromatic heterocycles. The molecule has 31 heavy (non-hydrogen) atoms. The number of amides is 3. The number of nitriles is 2. The van der Waals surface area contributed by atoms with Crippen LogP contribution in [0.4, 0.5) is 4.79 Å². The van der Waals surface area contributed by atoms with Crippen LogP contribution in [0, 0.1) is 22.7 Å². The maximum absolute atomic E-state index is 13.1. The molecule has 7 heteroatoms. The van der Waals surface area contributed by atoms with Crippen molar-refractivity contribution in [2.75, 3.05) is 13.1 Å². The molecule has 158 valence electrons. The molecule has 0 radical (unpaired) electrons. The van der Waals surface area contributed by atoms with Crippen LogP contribution in [-0.4, -0.2) is 36.0 Å². The van der Waals surface area contributed by atoms with E-state index in [0.29, 0.717) is 47.7 Å². The molecule has 3 amide bonds. The van der Waals surface area contributed by atoms with E-state index < -0.39 is 6.03 Å². The van der Waals surface area contributed by atoms with Gasteiger partial charge in [0.05, 0.1) is 23.3 Å². The van der Waals surface area contributed by atoms with E-state index in [-0.39, 0.29) is 11.9 Å². The van der Waals surface area contributed by atoms with Crippen LogP contribution >= 0.6 is 0 Å². The zero-order valence-electron chi connectivity index (χ0n) is 17.5. The number of likely N-dealkylation sites (tertiary alicyclic amines) is 1. The minimum Gasteiger partial charge on any atom is -0.352 e. The summed E-state index contributed by atoms with van der Waals surface area (Å²) in [5.74, 6) is 0.313. The molecule has 3 rings (SSSR count). The molecule has 1 fully saturated rings. The monoisotopic (exact) mass is 415 g/mol. The Morgan fingerprint density at radius 3 is 2.39 bits per heavy atom. The summed E-state index contributed by atoms with van der Waals surface area (Å²) in [6.45, 7) is 3.10. The number of primary amides is 1. The summed E-state index contributed by atoms with van der Waals surface area (Å²) in [6, 6.07) is 16.1. The number of hydrogen-bond acceptors (Lipinski definition) is 4. The molecule has 7 nitrogen and oxygen atoms in total. The van der Waals surface area contributed by atoms with E-state index in [1.54, 1.807) is 25.1 Å². The van der Waals surface area contributed by atoms with E-state index in [1.165, 1.54) is 5.56 Å². The zero-order chi connectivity index (χ0) is 22.4. The third-order valence-corrected chi connectivity index (χ3v) is 5.68. The van der Waals surface area contributed by atoms with Crippen molar-refractivity contribution in [3.63, 3.8) is 0 Å². The first kappa shape index (κ1) is 21.9. The molecule has 0 bridgehead atoms. The largest absolute Gasteiger partial charge is 0.352 e. The molecule has 0 aliphatic carbocycles. The van der Waals surface area contributed by atoms with Gasteiger partial charge in [-0.1, -0.05) is 12.1 Å². The minimum atomic E-state index is -0.622. The highest BCUT2D eigenvalue weighted by Gasteiger charge is 2.25. The number of nitrogens with one attached hydrogen (secondary N) is 1. The van der Waals surface area contributed by atoms with E-state index in [1.807, 2.05) is 29.2 Å². The van der Waals surface area contributed by atoms with Gasteiger partial charge in [-0.15, -0.1) is 0 Å². The highest BCUT2D eigenvalue weighted by atomic mass is 16.2. The molecule has 1 aliphatic heterocycles. The van der Waals surface area contributed by atoms with Crippen molar-refractivity contribution in [2.24, 2.45) is 5.73 Å². The Hall–Kier alpha value is -3.84. The minimum absolute atomic E-state index is 0.0560. The van der Waals surface area contributed by atoms with Gasteiger partial charge in [0.2, 0.25) is 0 Å².